The minimum absolute atomic E-state index is 0.272. The standard InChI is InChI=1S/C22H28N4OS/c1-2-7-16(8-3-1)15-28-22-25-24-21(26(22)14-17-9-6-12-27-17)19-13-23-20-11-5-4-10-18(19)20/h4-5,10-11,13,16-17,23H,1-3,6-9,12,14-15H2. The number of thioether (sulfide) groups is 1. The maximum atomic E-state index is 5.94. The van der Waals surface area contributed by atoms with Crippen molar-refractivity contribution in [3.63, 3.8) is 0 Å². The smallest absolute Gasteiger partial charge is 0.191 e. The molecule has 3 heterocycles. The van der Waals surface area contributed by atoms with Gasteiger partial charge in [-0.15, -0.1) is 10.2 Å². The van der Waals surface area contributed by atoms with Crippen LogP contribution in [0.4, 0.5) is 0 Å². The molecule has 1 aliphatic heterocycles. The maximum absolute atomic E-state index is 5.94. The van der Waals surface area contributed by atoms with Crippen molar-refractivity contribution < 1.29 is 4.74 Å². The number of hydrogen-bond donors (Lipinski definition) is 1. The van der Waals surface area contributed by atoms with Crippen molar-refractivity contribution in [2.24, 2.45) is 5.92 Å². The zero-order chi connectivity index (χ0) is 18.8. The normalized spacial score (nSPS) is 20.9. The summed E-state index contributed by atoms with van der Waals surface area (Å²) in [4.78, 5) is 3.38. The van der Waals surface area contributed by atoms with Crippen LogP contribution in [0.15, 0.2) is 35.6 Å². The number of aromatic amines is 1. The maximum Gasteiger partial charge on any atom is 0.191 e. The lowest BCUT2D eigenvalue weighted by atomic mass is 9.91. The van der Waals surface area contributed by atoms with Crippen LogP contribution in [0.1, 0.15) is 44.9 Å². The van der Waals surface area contributed by atoms with Crippen LogP contribution in [0.2, 0.25) is 0 Å². The van der Waals surface area contributed by atoms with Crippen LogP contribution in [0.25, 0.3) is 22.3 Å². The molecule has 6 heteroatoms. The molecule has 1 N–H and O–H groups in total. The first-order chi connectivity index (χ1) is 13.9. The third kappa shape index (κ3) is 3.72. The molecule has 1 aliphatic carbocycles. The number of nitrogens with one attached hydrogen (secondary N) is 1. The average Bonchev–Trinajstić information content (AvgIpc) is 3.48. The summed E-state index contributed by atoms with van der Waals surface area (Å²) in [6.07, 6.45) is 11.5. The molecule has 2 aromatic heterocycles. The number of rotatable bonds is 6. The van der Waals surface area contributed by atoms with Crippen molar-refractivity contribution in [2.75, 3.05) is 12.4 Å². The van der Waals surface area contributed by atoms with E-state index in [0.29, 0.717) is 0 Å². The molecule has 5 nitrogen and oxygen atoms in total. The van der Waals surface area contributed by atoms with Gasteiger partial charge in [0.25, 0.3) is 0 Å². The number of ether oxygens (including phenoxy) is 1. The molecule has 0 amide bonds. The first kappa shape index (κ1) is 18.3. The van der Waals surface area contributed by atoms with Crippen LogP contribution >= 0.6 is 11.8 Å². The van der Waals surface area contributed by atoms with Crippen LogP contribution in [-0.2, 0) is 11.3 Å². The number of hydrogen-bond acceptors (Lipinski definition) is 4. The number of fused-ring (bicyclic) bond motifs is 1. The number of H-pyrrole nitrogens is 1. The van der Waals surface area contributed by atoms with Crippen molar-refractivity contribution >= 4 is 22.7 Å². The Morgan fingerprint density at radius 3 is 2.82 bits per heavy atom. The molecule has 0 spiro atoms. The third-order valence-electron chi connectivity index (χ3n) is 6.13. The summed E-state index contributed by atoms with van der Waals surface area (Å²) in [5, 5.41) is 11.5. The molecule has 1 saturated heterocycles. The Bertz CT molecular complexity index is 922. The quantitative estimate of drug-likeness (QED) is 0.576. The van der Waals surface area contributed by atoms with E-state index >= 15 is 0 Å². The van der Waals surface area contributed by atoms with E-state index in [1.165, 1.54) is 37.5 Å². The van der Waals surface area contributed by atoms with Gasteiger partial charge < -0.3 is 9.72 Å². The number of aromatic nitrogens is 4. The highest BCUT2D eigenvalue weighted by Crippen LogP contribution is 2.33. The number of para-hydroxylation sites is 1. The van der Waals surface area contributed by atoms with Gasteiger partial charge >= 0.3 is 0 Å². The zero-order valence-corrected chi connectivity index (χ0v) is 17.1. The fourth-order valence-corrected chi connectivity index (χ4v) is 5.69. The Labute approximate surface area is 170 Å². The van der Waals surface area contributed by atoms with E-state index in [4.69, 9.17) is 4.74 Å². The predicted molar refractivity (Wildman–Crippen MR) is 114 cm³/mol. The largest absolute Gasteiger partial charge is 0.376 e. The minimum Gasteiger partial charge on any atom is -0.376 e. The van der Waals surface area contributed by atoms with E-state index in [1.807, 2.05) is 11.8 Å². The molecule has 0 radical (unpaired) electrons. The van der Waals surface area contributed by atoms with E-state index in [-0.39, 0.29) is 6.10 Å². The molecule has 1 saturated carbocycles. The molecule has 3 aromatic rings. The summed E-state index contributed by atoms with van der Waals surface area (Å²) in [5.41, 5.74) is 2.27. The van der Waals surface area contributed by atoms with Crippen LogP contribution in [0.3, 0.4) is 0 Å². The van der Waals surface area contributed by atoms with Crippen LogP contribution in [0.5, 0.6) is 0 Å². The van der Waals surface area contributed by atoms with E-state index in [2.05, 4.69) is 50.2 Å². The molecule has 1 unspecified atom stereocenters. The first-order valence-electron chi connectivity index (χ1n) is 10.6. The van der Waals surface area contributed by atoms with Gasteiger partial charge in [-0.3, -0.25) is 4.57 Å². The van der Waals surface area contributed by atoms with Crippen molar-refractivity contribution in [2.45, 2.75) is 62.8 Å². The molecular weight excluding hydrogens is 368 g/mol. The van der Waals surface area contributed by atoms with Crippen LogP contribution < -0.4 is 0 Å². The molecule has 0 bridgehead atoms. The lowest BCUT2D eigenvalue weighted by molar-refractivity contribution is 0.0953. The Morgan fingerprint density at radius 2 is 1.96 bits per heavy atom. The summed E-state index contributed by atoms with van der Waals surface area (Å²) >= 11 is 1.88. The van der Waals surface area contributed by atoms with Gasteiger partial charge in [-0.1, -0.05) is 49.2 Å². The molecule has 5 rings (SSSR count). The number of nitrogens with zero attached hydrogens (tertiary/aromatic N) is 3. The highest BCUT2D eigenvalue weighted by Gasteiger charge is 2.24. The SMILES string of the molecule is c1ccc2c(-c3nnc(SCC4CCCCC4)n3CC3CCCO3)c[nH]c2c1. The molecule has 1 aromatic carbocycles. The van der Waals surface area contributed by atoms with Crippen molar-refractivity contribution in [3.05, 3.63) is 30.5 Å². The summed E-state index contributed by atoms with van der Waals surface area (Å²) in [7, 11) is 0. The van der Waals surface area contributed by atoms with Gasteiger partial charge in [0, 0.05) is 35.0 Å². The Morgan fingerprint density at radius 1 is 1.07 bits per heavy atom. The third-order valence-corrected chi connectivity index (χ3v) is 7.33. The highest BCUT2D eigenvalue weighted by atomic mass is 32.2. The van der Waals surface area contributed by atoms with Gasteiger partial charge in [0.2, 0.25) is 0 Å². The van der Waals surface area contributed by atoms with Gasteiger partial charge in [0.1, 0.15) is 0 Å². The second-order valence-corrected chi connectivity index (χ2v) is 9.10. The minimum atomic E-state index is 0.272. The van der Waals surface area contributed by atoms with Crippen molar-refractivity contribution in [1.82, 2.24) is 19.7 Å². The fraction of sp³-hybridized carbons (Fsp3) is 0.545. The van der Waals surface area contributed by atoms with Crippen LogP contribution in [-0.4, -0.2) is 38.2 Å². The predicted octanol–water partition coefficient (Wildman–Crippen LogP) is 5.28. The second kappa shape index (κ2) is 8.29. The molecule has 2 aliphatic rings. The Hall–Kier alpha value is -1.79. The second-order valence-electron chi connectivity index (χ2n) is 8.11. The Kier molecular flexibility index (Phi) is 5.41. The van der Waals surface area contributed by atoms with Gasteiger partial charge in [0.05, 0.1) is 12.6 Å². The van der Waals surface area contributed by atoms with Gasteiger partial charge in [-0.25, -0.2) is 0 Å². The fourth-order valence-electron chi connectivity index (χ4n) is 4.55. The summed E-state index contributed by atoms with van der Waals surface area (Å²) < 4.78 is 8.25. The van der Waals surface area contributed by atoms with E-state index in [0.717, 1.165) is 59.7 Å². The molecule has 148 valence electrons. The Balaban J connectivity index is 1.45. The van der Waals surface area contributed by atoms with Gasteiger partial charge in [-0.2, -0.15) is 0 Å². The number of benzene rings is 1. The lowest BCUT2D eigenvalue weighted by Gasteiger charge is -2.21. The highest BCUT2D eigenvalue weighted by molar-refractivity contribution is 7.99. The van der Waals surface area contributed by atoms with E-state index in [1.54, 1.807) is 0 Å². The summed E-state index contributed by atoms with van der Waals surface area (Å²) in [6, 6.07) is 8.41. The van der Waals surface area contributed by atoms with Crippen molar-refractivity contribution in [3.8, 4) is 11.4 Å². The zero-order valence-electron chi connectivity index (χ0n) is 16.3. The topological polar surface area (TPSA) is 55.7 Å². The first-order valence-corrected chi connectivity index (χ1v) is 11.6. The molecule has 2 fully saturated rings. The molecule has 1 atom stereocenters. The summed E-state index contributed by atoms with van der Waals surface area (Å²) in [5.74, 6) is 2.93. The van der Waals surface area contributed by atoms with Crippen LogP contribution in [0, 0.1) is 5.92 Å². The van der Waals surface area contributed by atoms with Gasteiger partial charge in [-0.05, 0) is 37.7 Å². The van der Waals surface area contributed by atoms with Gasteiger partial charge in [0.15, 0.2) is 11.0 Å². The summed E-state index contributed by atoms with van der Waals surface area (Å²) in [6.45, 7) is 1.72. The van der Waals surface area contributed by atoms with E-state index in [9.17, 15) is 0 Å². The monoisotopic (exact) mass is 396 g/mol. The van der Waals surface area contributed by atoms with E-state index < -0.39 is 0 Å². The van der Waals surface area contributed by atoms with Crippen molar-refractivity contribution in [1.29, 1.82) is 0 Å². The molecule has 28 heavy (non-hydrogen) atoms. The lowest BCUT2D eigenvalue weighted by Crippen LogP contribution is -2.17. The average molecular weight is 397 g/mol. The molecular formula is C22H28N4OS.